The zero-order valence-electron chi connectivity index (χ0n) is 13.8. The molecule has 0 spiro atoms. The molecule has 0 aliphatic carbocycles. The van der Waals surface area contributed by atoms with Crippen molar-refractivity contribution in [3.8, 4) is 0 Å². The van der Waals surface area contributed by atoms with E-state index >= 15 is 0 Å². The van der Waals surface area contributed by atoms with Crippen LogP contribution >= 0.6 is 24.0 Å². The molecule has 8 heteroatoms. The highest BCUT2D eigenvalue weighted by atomic mass is 35.5. The van der Waals surface area contributed by atoms with E-state index in [1.807, 2.05) is 31.2 Å². The number of hydrogen-bond acceptors (Lipinski definition) is 4. The van der Waals surface area contributed by atoms with Crippen LogP contribution in [0.2, 0.25) is 5.02 Å². The summed E-state index contributed by atoms with van der Waals surface area (Å²) < 4.78 is 0. The summed E-state index contributed by atoms with van der Waals surface area (Å²) in [5, 5.41) is 8.96. The number of piperazine rings is 1. The van der Waals surface area contributed by atoms with Crippen LogP contribution < -0.4 is 16.0 Å². The highest BCUT2D eigenvalue weighted by Crippen LogP contribution is 2.29. The molecule has 0 bridgehead atoms. The highest BCUT2D eigenvalue weighted by Gasteiger charge is 2.32. The Hall–Kier alpha value is -1.34. The fraction of sp³-hybridized carbons (Fsp3) is 0.500. The summed E-state index contributed by atoms with van der Waals surface area (Å²) in [6.45, 7) is 6.30. The molecule has 0 aromatic heterocycles. The first kappa shape index (κ1) is 20.7. The summed E-state index contributed by atoms with van der Waals surface area (Å²) in [5.74, 6) is -0.310. The number of nitrogens with one attached hydrogen (secondary N) is 3. The first-order chi connectivity index (χ1) is 11.0. The molecule has 1 heterocycles. The fourth-order valence-electron chi connectivity index (χ4n) is 2.79. The Morgan fingerprint density at radius 2 is 2.12 bits per heavy atom. The minimum absolute atomic E-state index is 0. The molecule has 2 rings (SSSR count). The summed E-state index contributed by atoms with van der Waals surface area (Å²) in [7, 11) is 0. The molecule has 1 saturated heterocycles. The van der Waals surface area contributed by atoms with Crippen molar-refractivity contribution in [2.45, 2.75) is 25.9 Å². The van der Waals surface area contributed by atoms with Gasteiger partial charge in [-0.1, -0.05) is 29.8 Å². The van der Waals surface area contributed by atoms with Gasteiger partial charge in [0, 0.05) is 37.2 Å². The van der Waals surface area contributed by atoms with Gasteiger partial charge in [0.05, 0.1) is 6.04 Å². The quantitative estimate of drug-likeness (QED) is 0.752. The van der Waals surface area contributed by atoms with Gasteiger partial charge in [-0.3, -0.25) is 15.0 Å². The zero-order valence-corrected chi connectivity index (χ0v) is 15.4. The average Bonchev–Trinajstić information content (AvgIpc) is 2.55. The van der Waals surface area contributed by atoms with E-state index in [1.54, 1.807) is 6.92 Å². The number of rotatable bonds is 4. The van der Waals surface area contributed by atoms with Crippen LogP contribution in [0.25, 0.3) is 0 Å². The number of benzene rings is 1. The maximum absolute atomic E-state index is 12.3. The minimum Gasteiger partial charge on any atom is -0.338 e. The van der Waals surface area contributed by atoms with Gasteiger partial charge >= 0.3 is 6.03 Å². The van der Waals surface area contributed by atoms with E-state index in [0.29, 0.717) is 24.7 Å². The molecule has 2 unspecified atom stereocenters. The van der Waals surface area contributed by atoms with Crippen LogP contribution in [0, 0.1) is 0 Å². The summed E-state index contributed by atoms with van der Waals surface area (Å²) in [5.41, 5.74) is 0.985. The molecule has 1 aromatic rings. The van der Waals surface area contributed by atoms with Gasteiger partial charge in [0.15, 0.2) is 0 Å². The molecule has 134 valence electrons. The van der Waals surface area contributed by atoms with Crippen LogP contribution in [0.5, 0.6) is 0 Å². The number of halogens is 2. The van der Waals surface area contributed by atoms with Crippen molar-refractivity contribution in [2.24, 2.45) is 0 Å². The van der Waals surface area contributed by atoms with Crippen LogP contribution in [0.3, 0.4) is 0 Å². The summed E-state index contributed by atoms with van der Waals surface area (Å²) in [6, 6.07) is 6.75. The molecule has 24 heavy (non-hydrogen) atoms. The second-order valence-corrected chi connectivity index (χ2v) is 5.91. The summed E-state index contributed by atoms with van der Waals surface area (Å²) >= 11 is 6.31. The largest absolute Gasteiger partial charge is 0.338 e. The summed E-state index contributed by atoms with van der Waals surface area (Å²) in [4.78, 5) is 25.9. The standard InChI is InChI=1S/C16H23ClN4O2.ClH/c1-3-19-16(23)20-15(22)11(2)21-9-8-18-10-14(21)12-6-4-5-7-13(12)17;/h4-7,11,14,18H,3,8-10H2,1-2H3,(H2,19,20,22,23);1H. The normalized spacial score (nSPS) is 19.0. The van der Waals surface area contributed by atoms with E-state index in [1.165, 1.54) is 0 Å². The van der Waals surface area contributed by atoms with Gasteiger partial charge in [0.2, 0.25) is 5.91 Å². The maximum atomic E-state index is 12.3. The van der Waals surface area contributed by atoms with E-state index in [4.69, 9.17) is 11.6 Å². The van der Waals surface area contributed by atoms with Gasteiger partial charge in [-0.25, -0.2) is 4.79 Å². The van der Waals surface area contributed by atoms with E-state index in [0.717, 1.165) is 12.1 Å². The van der Waals surface area contributed by atoms with Crippen LogP contribution in [0.1, 0.15) is 25.5 Å². The number of carbonyl (C=O) groups is 2. The maximum Gasteiger partial charge on any atom is 0.321 e. The molecule has 3 N–H and O–H groups in total. The Balaban J connectivity index is 0.00000288. The van der Waals surface area contributed by atoms with Crippen molar-refractivity contribution in [3.05, 3.63) is 34.9 Å². The number of hydrogen-bond donors (Lipinski definition) is 3. The Kier molecular flexibility index (Phi) is 8.48. The Morgan fingerprint density at radius 3 is 2.79 bits per heavy atom. The molecule has 0 radical (unpaired) electrons. The predicted octanol–water partition coefficient (Wildman–Crippen LogP) is 1.94. The van der Waals surface area contributed by atoms with Gasteiger partial charge in [-0.05, 0) is 25.5 Å². The third kappa shape index (κ3) is 5.08. The van der Waals surface area contributed by atoms with Crippen molar-refractivity contribution >= 4 is 35.9 Å². The fourth-order valence-corrected chi connectivity index (χ4v) is 3.05. The highest BCUT2D eigenvalue weighted by molar-refractivity contribution is 6.31. The lowest BCUT2D eigenvalue weighted by atomic mass is 10.0. The van der Waals surface area contributed by atoms with Gasteiger partial charge < -0.3 is 10.6 Å². The first-order valence-electron chi connectivity index (χ1n) is 7.84. The number of imide groups is 1. The van der Waals surface area contributed by atoms with Gasteiger partial charge in [0.1, 0.15) is 0 Å². The van der Waals surface area contributed by atoms with Crippen LogP contribution in [-0.4, -0.2) is 49.1 Å². The zero-order chi connectivity index (χ0) is 16.8. The van der Waals surface area contributed by atoms with Crippen LogP contribution in [0.4, 0.5) is 4.79 Å². The Bertz CT molecular complexity index is 571. The molecule has 2 atom stereocenters. The lowest BCUT2D eigenvalue weighted by Gasteiger charge is -2.40. The van der Waals surface area contributed by atoms with Crippen molar-refractivity contribution in [2.75, 3.05) is 26.2 Å². The Labute approximate surface area is 153 Å². The van der Waals surface area contributed by atoms with Crippen LogP contribution in [-0.2, 0) is 4.79 Å². The summed E-state index contributed by atoms with van der Waals surface area (Å²) in [6.07, 6.45) is 0. The SMILES string of the molecule is CCNC(=O)NC(=O)C(C)N1CCNCC1c1ccccc1Cl.Cl. The minimum atomic E-state index is -0.464. The number of amides is 3. The molecular weight excluding hydrogens is 351 g/mol. The van der Waals surface area contributed by atoms with Gasteiger partial charge in [-0.15, -0.1) is 12.4 Å². The predicted molar refractivity (Wildman–Crippen MR) is 97.7 cm³/mol. The average molecular weight is 375 g/mol. The molecule has 1 aromatic carbocycles. The van der Waals surface area contributed by atoms with Crippen molar-refractivity contribution in [3.63, 3.8) is 0 Å². The van der Waals surface area contributed by atoms with Gasteiger partial charge in [0.25, 0.3) is 0 Å². The molecular formula is C16H24Cl2N4O2. The van der Waals surface area contributed by atoms with E-state index in [9.17, 15) is 9.59 Å². The third-order valence-corrected chi connectivity index (χ3v) is 4.34. The number of carbonyl (C=O) groups excluding carboxylic acids is 2. The molecule has 3 amide bonds. The number of nitrogens with zero attached hydrogens (tertiary/aromatic N) is 1. The molecule has 1 aliphatic heterocycles. The van der Waals surface area contributed by atoms with Crippen LogP contribution in [0.15, 0.2) is 24.3 Å². The van der Waals surface area contributed by atoms with Crippen molar-refractivity contribution in [1.82, 2.24) is 20.9 Å². The smallest absolute Gasteiger partial charge is 0.321 e. The molecule has 1 fully saturated rings. The lowest BCUT2D eigenvalue weighted by Crippen LogP contribution is -2.55. The van der Waals surface area contributed by atoms with E-state index < -0.39 is 12.1 Å². The van der Waals surface area contributed by atoms with Crippen molar-refractivity contribution < 1.29 is 9.59 Å². The lowest BCUT2D eigenvalue weighted by molar-refractivity contribution is -0.126. The third-order valence-electron chi connectivity index (χ3n) is 4.00. The Morgan fingerprint density at radius 1 is 1.42 bits per heavy atom. The van der Waals surface area contributed by atoms with Gasteiger partial charge in [-0.2, -0.15) is 0 Å². The van der Waals surface area contributed by atoms with Crippen molar-refractivity contribution in [1.29, 1.82) is 0 Å². The monoisotopic (exact) mass is 374 g/mol. The second kappa shape index (κ2) is 9.84. The van der Waals surface area contributed by atoms with E-state index in [2.05, 4.69) is 20.9 Å². The molecule has 1 aliphatic rings. The molecule has 0 saturated carbocycles. The van der Waals surface area contributed by atoms with E-state index in [-0.39, 0.29) is 24.4 Å². The molecule has 6 nitrogen and oxygen atoms in total. The first-order valence-corrected chi connectivity index (χ1v) is 8.22. The topological polar surface area (TPSA) is 73.5 Å². The second-order valence-electron chi connectivity index (χ2n) is 5.50. The number of urea groups is 1.